The molecule has 0 radical (unpaired) electrons. The minimum absolute atomic E-state index is 0.0627. The lowest BCUT2D eigenvalue weighted by Gasteiger charge is -2.20. The predicted octanol–water partition coefficient (Wildman–Crippen LogP) is 3.58. The van der Waals surface area contributed by atoms with E-state index in [1.165, 1.54) is 7.11 Å². The van der Waals surface area contributed by atoms with E-state index in [9.17, 15) is 14.4 Å². The number of carbonyl (C=O) groups is 3. The van der Waals surface area contributed by atoms with Crippen molar-refractivity contribution in [2.45, 2.75) is 37.0 Å². The minimum Gasteiger partial charge on any atom is -0.468 e. The number of epoxide rings is 1. The summed E-state index contributed by atoms with van der Waals surface area (Å²) in [4.78, 5) is 37.2. The van der Waals surface area contributed by atoms with Gasteiger partial charge in [-0.2, -0.15) is 0 Å². The van der Waals surface area contributed by atoms with Crippen molar-refractivity contribution < 1.29 is 28.6 Å². The second-order valence-corrected chi connectivity index (χ2v) is 9.67. The summed E-state index contributed by atoms with van der Waals surface area (Å²) in [5.74, 6) is -1.07. The average molecular weight is 515 g/mol. The molecule has 1 saturated heterocycles. The number of alkyl carbamates (subject to hydrolysis) is 1. The Morgan fingerprint density at radius 3 is 2.16 bits per heavy atom. The molecule has 2 aliphatic rings. The molecule has 8 nitrogen and oxygen atoms in total. The summed E-state index contributed by atoms with van der Waals surface area (Å²) < 4.78 is 16.1. The van der Waals surface area contributed by atoms with Crippen LogP contribution in [0.5, 0.6) is 0 Å². The molecule has 3 aromatic rings. The van der Waals surface area contributed by atoms with Crippen molar-refractivity contribution in [2.24, 2.45) is 0 Å². The Morgan fingerprint density at radius 1 is 0.921 bits per heavy atom. The van der Waals surface area contributed by atoms with Gasteiger partial charge in [-0.05, 0) is 41.2 Å². The number of nitrogens with one attached hydrogen (secondary N) is 2. The number of carbonyl (C=O) groups excluding carboxylic acids is 3. The third-order valence-corrected chi connectivity index (χ3v) is 7.24. The number of ether oxygens (including phenoxy) is 3. The molecule has 196 valence electrons. The molecule has 1 heterocycles. The molecule has 8 heteroatoms. The number of methoxy groups -OCH3 is 1. The number of hydrogen-bond donors (Lipinski definition) is 2. The van der Waals surface area contributed by atoms with E-state index in [0.29, 0.717) is 6.42 Å². The molecule has 3 atom stereocenters. The maximum atomic E-state index is 13.0. The lowest BCUT2D eigenvalue weighted by molar-refractivity contribution is -0.141. The molecule has 1 aliphatic heterocycles. The first-order valence-corrected chi connectivity index (χ1v) is 12.6. The summed E-state index contributed by atoms with van der Waals surface area (Å²) in [5.41, 5.74) is 4.34. The lowest BCUT2D eigenvalue weighted by atomic mass is 9.95. The molecule has 0 spiro atoms. The van der Waals surface area contributed by atoms with E-state index in [1.807, 2.05) is 54.6 Å². The van der Waals surface area contributed by atoms with Gasteiger partial charge in [-0.3, -0.25) is 9.59 Å². The quantitative estimate of drug-likeness (QED) is 0.334. The molecule has 0 bridgehead atoms. The van der Waals surface area contributed by atoms with E-state index in [1.54, 1.807) is 6.92 Å². The van der Waals surface area contributed by atoms with Crippen molar-refractivity contribution in [3.05, 3.63) is 95.6 Å². The molecular formula is C30H30N2O6. The van der Waals surface area contributed by atoms with Crippen molar-refractivity contribution in [1.29, 1.82) is 0 Å². The first kappa shape index (κ1) is 25.5. The molecule has 2 N–H and O–H groups in total. The van der Waals surface area contributed by atoms with Gasteiger partial charge in [-0.15, -0.1) is 0 Å². The summed E-state index contributed by atoms with van der Waals surface area (Å²) in [5, 5.41) is 5.46. The number of fused-ring (bicyclic) bond motifs is 3. The first-order valence-electron chi connectivity index (χ1n) is 12.6. The van der Waals surface area contributed by atoms with E-state index in [2.05, 4.69) is 39.6 Å². The number of rotatable bonds is 9. The Labute approximate surface area is 221 Å². The molecule has 2 unspecified atom stereocenters. The average Bonchev–Trinajstić information content (AvgIpc) is 3.54. The van der Waals surface area contributed by atoms with Crippen molar-refractivity contribution >= 4 is 18.0 Å². The predicted molar refractivity (Wildman–Crippen MR) is 140 cm³/mol. The lowest BCUT2D eigenvalue weighted by Crippen LogP contribution is -2.47. The van der Waals surface area contributed by atoms with Crippen LogP contribution in [-0.4, -0.2) is 56.0 Å². The first-order chi connectivity index (χ1) is 18.4. The van der Waals surface area contributed by atoms with E-state index in [0.717, 1.165) is 27.8 Å². The molecule has 0 saturated carbocycles. The smallest absolute Gasteiger partial charge is 0.407 e. The van der Waals surface area contributed by atoms with Crippen LogP contribution in [0.3, 0.4) is 0 Å². The molecule has 38 heavy (non-hydrogen) atoms. The van der Waals surface area contributed by atoms with E-state index in [4.69, 9.17) is 9.47 Å². The SMILES string of the molecule is COC(=O)CNC(=O)C1(C)OC1[C@H](Cc1ccccc1)NC(=O)OCC1c2ccccc2-c2ccccc21. The number of hydrogen-bond acceptors (Lipinski definition) is 6. The van der Waals surface area contributed by atoms with Crippen LogP contribution >= 0.6 is 0 Å². The van der Waals surface area contributed by atoms with Crippen LogP contribution < -0.4 is 10.6 Å². The molecule has 3 aromatic carbocycles. The second-order valence-electron chi connectivity index (χ2n) is 9.67. The maximum absolute atomic E-state index is 13.0. The van der Waals surface area contributed by atoms with Crippen LogP contribution in [0, 0.1) is 0 Å². The number of amides is 2. The standard InChI is InChI=1S/C30H30N2O6/c1-30(28(34)31-17-26(33)36-2)27(38-30)25(16-19-10-4-3-5-11-19)32-29(35)37-18-24-22-14-8-6-12-20(22)21-13-7-9-15-23(21)24/h3-15,24-25,27H,16-18H2,1-2H3,(H,31,34)(H,32,35)/t25-,27?,30?/m0/s1. The molecule has 2 amide bonds. The highest BCUT2D eigenvalue weighted by atomic mass is 16.6. The minimum atomic E-state index is -1.19. The van der Waals surface area contributed by atoms with Crippen LogP contribution in [0.1, 0.15) is 29.5 Å². The van der Waals surface area contributed by atoms with Gasteiger partial charge in [-0.1, -0.05) is 78.9 Å². The van der Waals surface area contributed by atoms with Crippen molar-refractivity contribution in [3.63, 3.8) is 0 Å². The van der Waals surface area contributed by atoms with Crippen LogP contribution in [0.4, 0.5) is 4.79 Å². The fraction of sp³-hybridized carbons (Fsp3) is 0.300. The summed E-state index contributed by atoms with van der Waals surface area (Å²) in [7, 11) is 1.25. The van der Waals surface area contributed by atoms with Crippen LogP contribution in [-0.2, 0) is 30.2 Å². The van der Waals surface area contributed by atoms with Crippen LogP contribution in [0.2, 0.25) is 0 Å². The summed E-state index contributed by atoms with van der Waals surface area (Å²) in [6.45, 7) is 1.56. The molecular weight excluding hydrogens is 484 g/mol. The number of esters is 1. The van der Waals surface area contributed by atoms with E-state index in [-0.39, 0.29) is 19.1 Å². The Morgan fingerprint density at radius 2 is 1.53 bits per heavy atom. The highest BCUT2D eigenvalue weighted by molar-refractivity contribution is 5.91. The van der Waals surface area contributed by atoms with Gasteiger partial charge >= 0.3 is 12.1 Å². The Hall–Kier alpha value is -4.17. The Kier molecular flexibility index (Phi) is 7.15. The zero-order valence-electron chi connectivity index (χ0n) is 21.3. The van der Waals surface area contributed by atoms with Gasteiger partial charge in [0.2, 0.25) is 0 Å². The second kappa shape index (κ2) is 10.7. The van der Waals surface area contributed by atoms with Gasteiger partial charge in [0, 0.05) is 5.92 Å². The highest BCUT2D eigenvalue weighted by Crippen LogP contribution is 2.44. The third kappa shape index (κ3) is 5.13. The normalized spacial score (nSPS) is 20.0. The monoisotopic (exact) mass is 514 g/mol. The molecule has 5 rings (SSSR count). The molecule has 1 fully saturated rings. The van der Waals surface area contributed by atoms with Gasteiger partial charge in [-0.25, -0.2) is 4.79 Å². The molecule has 1 aliphatic carbocycles. The Bertz CT molecular complexity index is 1300. The van der Waals surface area contributed by atoms with Gasteiger partial charge < -0.3 is 24.8 Å². The van der Waals surface area contributed by atoms with Gasteiger partial charge in [0.1, 0.15) is 19.3 Å². The summed E-state index contributed by atoms with van der Waals surface area (Å²) in [6, 6.07) is 25.4. The Balaban J connectivity index is 1.27. The maximum Gasteiger partial charge on any atom is 0.407 e. The summed E-state index contributed by atoms with van der Waals surface area (Å²) >= 11 is 0. The van der Waals surface area contributed by atoms with E-state index < -0.39 is 35.7 Å². The zero-order chi connectivity index (χ0) is 26.7. The fourth-order valence-corrected chi connectivity index (χ4v) is 5.17. The van der Waals surface area contributed by atoms with Crippen LogP contribution in [0.25, 0.3) is 11.1 Å². The van der Waals surface area contributed by atoms with Gasteiger partial charge in [0.05, 0.1) is 13.2 Å². The highest BCUT2D eigenvalue weighted by Gasteiger charge is 2.62. The van der Waals surface area contributed by atoms with Crippen LogP contribution in [0.15, 0.2) is 78.9 Å². The van der Waals surface area contributed by atoms with Crippen molar-refractivity contribution in [2.75, 3.05) is 20.3 Å². The summed E-state index contributed by atoms with van der Waals surface area (Å²) in [6.07, 6.45) is -0.739. The third-order valence-electron chi connectivity index (χ3n) is 7.24. The number of benzene rings is 3. The van der Waals surface area contributed by atoms with Gasteiger partial charge in [0.25, 0.3) is 5.91 Å². The molecule has 0 aromatic heterocycles. The van der Waals surface area contributed by atoms with Gasteiger partial charge in [0.15, 0.2) is 5.60 Å². The van der Waals surface area contributed by atoms with Crippen molar-refractivity contribution in [3.8, 4) is 11.1 Å². The zero-order valence-corrected chi connectivity index (χ0v) is 21.3. The van der Waals surface area contributed by atoms with E-state index >= 15 is 0 Å². The fourth-order valence-electron chi connectivity index (χ4n) is 5.17. The largest absolute Gasteiger partial charge is 0.468 e. The van der Waals surface area contributed by atoms with Crippen molar-refractivity contribution in [1.82, 2.24) is 10.6 Å². The topological polar surface area (TPSA) is 106 Å².